The number of aliphatic hydroxyl groups excluding tert-OH is 2. The van der Waals surface area contributed by atoms with Crippen LogP contribution in [0.5, 0.6) is 0 Å². The van der Waals surface area contributed by atoms with Crippen LogP contribution in [0.15, 0.2) is 24.3 Å². The number of ketones is 1. The number of hydrogen-bond donors (Lipinski definition) is 4. The molecule has 1 fully saturated rings. The number of carbonyl (C=O) groups is 3. The van der Waals surface area contributed by atoms with Gasteiger partial charge in [0, 0.05) is 16.1 Å². The minimum absolute atomic E-state index is 0.0676. The summed E-state index contributed by atoms with van der Waals surface area (Å²) in [6.07, 6.45) is 2.93. The van der Waals surface area contributed by atoms with E-state index in [4.69, 9.17) is 27.9 Å². The van der Waals surface area contributed by atoms with E-state index >= 15 is 0 Å². The van der Waals surface area contributed by atoms with Gasteiger partial charge in [-0.25, -0.2) is 0 Å². The maximum atomic E-state index is 12.7. The Morgan fingerprint density at radius 3 is 2.39 bits per heavy atom. The van der Waals surface area contributed by atoms with Crippen molar-refractivity contribution in [2.45, 2.75) is 38.0 Å². The predicted molar refractivity (Wildman–Crippen MR) is 117 cm³/mol. The highest BCUT2D eigenvalue weighted by Crippen LogP contribution is 2.30. The van der Waals surface area contributed by atoms with E-state index in [-0.39, 0.29) is 12.5 Å². The average molecular weight is 473 g/mol. The Kier molecular flexibility index (Phi) is 9.02. The summed E-state index contributed by atoms with van der Waals surface area (Å²) in [6.45, 7) is 2.70. The Bertz CT molecular complexity index is 854. The number of aliphatic hydroxyl groups is 2. The second-order valence-electron chi connectivity index (χ2n) is 7.74. The fourth-order valence-corrected chi connectivity index (χ4v) is 3.38. The van der Waals surface area contributed by atoms with Crippen molar-refractivity contribution < 1.29 is 29.3 Å². The van der Waals surface area contributed by atoms with Gasteiger partial charge in [-0.2, -0.15) is 0 Å². The molecule has 31 heavy (non-hydrogen) atoms. The van der Waals surface area contributed by atoms with Gasteiger partial charge in [-0.3, -0.25) is 14.4 Å². The van der Waals surface area contributed by atoms with E-state index < -0.39 is 48.5 Å². The molecule has 0 bridgehead atoms. The lowest BCUT2D eigenvalue weighted by Gasteiger charge is -2.24. The number of benzene rings is 1. The van der Waals surface area contributed by atoms with E-state index in [1.807, 2.05) is 13.8 Å². The molecule has 10 heteroatoms. The average Bonchev–Trinajstić information content (AvgIpc) is 3.51. The van der Waals surface area contributed by atoms with Crippen molar-refractivity contribution >= 4 is 46.9 Å². The van der Waals surface area contributed by atoms with Crippen molar-refractivity contribution in [3.8, 4) is 0 Å². The van der Waals surface area contributed by atoms with Crippen LogP contribution < -0.4 is 10.6 Å². The molecule has 1 heterocycles. The third kappa shape index (κ3) is 7.02. The molecule has 1 saturated heterocycles. The molecule has 4 N–H and O–H groups in total. The van der Waals surface area contributed by atoms with Crippen LogP contribution >= 0.6 is 23.2 Å². The van der Waals surface area contributed by atoms with Gasteiger partial charge in [0.25, 0.3) is 0 Å². The number of hydrogen-bond acceptors (Lipinski definition) is 6. The molecule has 0 saturated carbocycles. The lowest BCUT2D eigenvalue weighted by atomic mass is 9.92. The summed E-state index contributed by atoms with van der Waals surface area (Å²) >= 11 is 11.9. The Morgan fingerprint density at radius 1 is 1.19 bits per heavy atom. The molecule has 170 valence electrons. The topological polar surface area (TPSA) is 128 Å². The number of amides is 2. The molecule has 8 nitrogen and oxygen atoms in total. The molecule has 2 rings (SSSR count). The van der Waals surface area contributed by atoms with Gasteiger partial charge in [0.05, 0.1) is 25.9 Å². The SMILES string of the molecule is CC(C)CC(NC(=O)[C@H](CO)NC(=O)/C=C/c1ccc(Cl)cc1Cl)C(=O)C1(CO)CO1. The molecule has 0 spiro atoms. The van der Waals surface area contributed by atoms with Crippen LogP contribution in [-0.4, -0.2) is 65.3 Å². The summed E-state index contributed by atoms with van der Waals surface area (Å²) in [5, 5.41) is 24.7. The fraction of sp³-hybridized carbons (Fsp3) is 0.476. The molecule has 0 radical (unpaired) electrons. The molecular formula is C21H26Cl2N2O6. The predicted octanol–water partition coefficient (Wildman–Crippen LogP) is 1.34. The minimum Gasteiger partial charge on any atom is -0.394 e. The van der Waals surface area contributed by atoms with Crippen molar-refractivity contribution in [3.05, 3.63) is 39.9 Å². The van der Waals surface area contributed by atoms with Gasteiger partial charge in [-0.1, -0.05) is 43.1 Å². The third-order valence-corrected chi connectivity index (χ3v) is 5.29. The van der Waals surface area contributed by atoms with Crippen LogP contribution in [0.2, 0.25) is 10.0 Å². The summed E-state index contributed by atoms with van der Waals surface area (Å²) in [4.78, 5) is 37.5. The number of halogens is 2. The number of ether oxygens (including phenoxy) is 1. The van der Waals surface area contributed by atoms with E-state index in [0.717, 1.165) is 0 Å². The molecule has 1 aromatic carbocycles. The van der Waals surface area contributed by atoms with Gasteiger partial charge in [-0.05, 0) is 36.1 Å². The van der Waals surface area contributed by atoms with Crippen LogP contribution in [0.25, 0.3) is 6.08 Å². The summed E-state index contributed by atoms with van der Waals surface area (Å²) in [7, 11) is 0. The van der Waals surface area contributed by atoms with Gasteiger partial charge < -0.3 is 25.6 Å². The molecule has 3 atom stereocenters. The fourth-order valence-electron chi connectivity index (χ4n) is 2.91. The number of epoxide rings is 1. The molecule has 2 unspecified atom stereocenters. The number of nitrogens with one attached hydrogen (secondary N) is 2. The Balaban J connectivity index is 2.02. The Labute approximate surface area is 190 Å². The molecule has 1 aliphatic rings. The van der Waals surface area contributed by atoms with E-state index in [1.54, 1.807) is 12.1 Å². The number of Topliss-reactive ketones (excluding diaryl/α,β-unsaturated/α-hetero) is 1. The number of carbonyl (C=O) groups excluding carboxylic acids is 3. The first-order valence-electron chi connectivity index (χ1n) is 9.76. The van der Waals surface area contributed by atoms with Crippen molar-refractivity contribution in [3.63, 3.8) is 0 Å². The first kappa shape index (κ1) is 25.3. The molecular weight excluding hydrogens is 447 g/mol. The smallest absolute Gasteiger partial charge is 0.245 e. The van der Waals surface area contributed by atoms with Crippen molar-refractivity contribution in [1.29, 1.82) is 0 Å². The first-order chi connectivity index (χ1) is 14.6. The summed E-state index contributed by atoms with van der Waals surface area (Å²) in [5.74, 6) is -1.72. The summed E-state index contributed by atoms with van der Waals surface area (Å²) < 4.78 is 5.10. The van der Waals surface area contributed by atoms with Gasteiger partial charge >= 0.3 is 0 Å². The van der Waals surface area contributed by atoms with E-state index in [2.05, 4.69) is 10.6 Å². The monoisotopic (exact) mass is 472 g/mol. The standard InChI is InChI=1S/C21H26Cl2N2O6/c1-12(2)7-16(19(29)21(10-27)11-31-21)25-20(30)17(9-26)24-18(28)6-4-13-3-5-14(22)8-15(13)23/h3-6,8,12,16-17,26-27H,7,9-11H2,1-2H3,(H,24,28)(H,25,30)/b6-4+/t16?,17-,21?/m0/s1. The number of rotatable bonds is 11. The van der Waals surface area contributed by atoms with Crippen LogP contribution in [0.3, 0.4) is 0 Å². The zero-order chi connectivity index (χ0) is 23.2. The van der Waals surface area contributed by atoms with Crippen LogP contribution in [0.1, 0.15) is 25.8 Å². The van der Waals surface area contributed by atoms with Gasteiger partial charge in [0.15, 0.2) is 11.4 Å². The molecule has 1 aliphatic heterocycles. The van der Waals surface area contributed by atoms with Crippen LogP contribution in [-0.2, 0) is 19.1 Å². The summed E-state index contributed by atoms with van der Waals surface area (Å²) in [5.41, 5.74) is -0.738. The minimum atomic E-state index is -1.29. The lowest BCUT2D eigenvalue weighted by Crippen LogP contribution is -2.55. The van der Waals surface area contributed by atoms with Crippen LogP contribution in [0.4, 0.5) is 0 Å². The van der Waals surface area contributed by atoms with Crippen LogP contribution in [0, 0.1) is 5.92 Å². The second-order valence-corrected chi connectivity index (χ2v) is 8.58. The molecule has 0 aliphatic carbocycles. The Morgan fingerprint density at radius 2 is 1.87 bits per heavy atom. The quantitative estimate of drug-likeness (QED) is 0.284. The highest BCUT2D eigenvalue weighted by Gasteiger charge is 2.54. The van der Waals surface area contributed by atoms with E-state index in [1.165, 1.54) is 18.2 Å². The largest absolute Gasteiger partial charge is 0.394 e. The van der Waals surface area contributed by atoms with Crippen molar-refractivity contribution in [2.75, 3.05) is 19.8 Å². The Hall–Kier alpha value is -1.97. The lowest BCUT2D eigenvalue weighted by molar-refractivity contribution is -0.134. The normalized spacial score (nSPS) is 19.8. The maximum Gasteiger partial charge on any atom is 0.245 e. The van der Waals surface area contributed by atoms with Crippen molar-refractivity contribution in [2.24, 2.45) is 5.92 Å². The third-order valence-electron chi connectivity index (χ3n) is 4.73. The molecule has 0 aromatic heterocycles. The molecule has 1 aromatic rings. The second kappa shape index (κ2) is 11.1. The first-order valence-corrected chi connectivity index (χ1v) is 10.5. The zero-order valence-corrected chi connectivity index (χ0v) is 18.7. The highest BCUT2D eigenvalue weighted by atomic mass is 35.5. The van der Waals surface area contributed by atoms with Gasteiger partial charge in [0.1, 0.15) is 6.04 Å². The van der Waals surface area contributed by atoms with E-state index in [9.17, 15) is 24.6 Å². The van der Waals surface area contributed by atoms with Crippen molar-refractivity contribution in [1.82, 2.24) is 10.6 Å². The molecule has 2 amide bonds. The highest BCUT2D eigenvalue weighted by molar-refractivity contribution is 6.35. The maximum absolute atomic E-state index is 12.7. The van der Waals surface area contributed by atoms with Gasteiger partial charge in [0.2, 0.25) is 11.8 Å². The van der Waals surface area contributed by atoms with E-state index in [0.29, 0.717) is 22.0 Å². The summed E-state index contributed by atoms with van der Waals surface area (Å²) in [6, 6.07) is 2.58. The van der Waals surface area contributed by atoms with Gasteiger partial charge in [-0.15, -0.1) is 0 Å². The zero-order valence-electron chi connectivity index (χ0n) is 17.2.